The fourth-order valence-corrected chi connectivity index (χ4v) is 3.00. The minimum absolute atomic E-state index is 0.218. The fourth-order valence-electron chi connectivity index (χ4n) is 2.63. The molecule has 132 valence electrons. The van der Waals surface area contributed by atoms with Crippen molar-refractivity contribution in [2.24, 2.45) is 0 Å². The number of carbonyl (C=O) groups is 1. The summed E-state index contributed by atoms with van der Waals surface area (Å²) in [6.45, 7) is 5.87. The third kappa shape index (κ3) is 4.18. The van der Waals surface area contributed by atoms with Gasteiger partial charge in [-0.25, -0.2) is 9.97 Å². The van der Waals surface area contributed by atoms with Crippen LogP contribution in [0, 0.1) is 20.8 Å². The lowest BCUT2D eigenvalue weighted by Crippen LogP contribution is -2.15. The van der Waals surface area contributed by atoms with Crippen LogP contribution in [-0.4, -0.2) is 15.9 Å². The first-order chi connectivity index (χ1) is 12.4. The quantitative estimate of drug-likeness (QED) is 0.678. The van der Waals surface area contributed by atoms with Crippen LogP contribution in [0.1, 0.15) is 27.2 Å². The minimum atomic E-state index is -0.353. The Balaban J connectivity index is 1.73. The maximum absolute atomic E-state index is 12.4. The van der Waals surface area contributed by atoms with Crippen LogP contribution in [0.4, 0.5) is 17.2 Å². The molecule has 1 aromatic heterocycles. The summed E-state index contributed by atoms with van der Waals surface area (Å²) in [6.07, 6.45) is 2.96. The van der Waals surface area contributed by atoms with Gasteiger partial charge < -0.3 is 10.6 Å². The summed E-state index contributed by atoms with van der Waals surface area (Å²) in [4.78, 5) is 20.9. The van der Waals surface area contributed by atoms with Crippen LogP contribution in [0.2, 0.25) is 5.02 Å². The van der Waals surface area contributed by atoms with Crippen molar-refractivity contribution in [3.63, 3.8) is 0 Å². The van der Waals surface area contributed by atoms with Gasteiger partial charge in [-0.1, -0.05) is 29.8 Å². The molecular weight excluding hydrogens is 348 g/mol. The Morgan fingerprint density at radius 1 is 1.00 bits per heavy atom. The summed E-state index contributed by atoms with van der Waals surface area (Å²) in [6, 6.07) is 11.7. The van der Waals surface area contributed by atoms with Crippen molar-refractivity contribution in [3.8, 4) is 0 Å². The summed E-state index contributed by atoms with van der Waals surface area (Å²) < 4.78 is 0. The highest BCUT2D eigenvalue weighted by atomic mass is 35.5. The molecule has 0 saturated heterocycles. The van der Waals surface area contributed by atoms with Crippen molar-refractivity contribution >= 4 is 34.7 Å². The van der Waals surface area contributed by atoms with Crippen molar-refractivity contribution in [1.29, 1.82) is 0 Å². The highest BCUT2D eigenvalue weighted by molar-refractivity contribution is 6.34. The van der Waals surface area contributed by atoms with E-state index in [2.05, 4.69) is 20.6 Å². The van der Waals surface area contributed by atoms with Crippen LogP contribution < -0.4 is 10.6 Å². The second-order valence-corrected chi connectivity index (χ2v) is 6.58. The van der Waals surface area contributed by atoms with E-state index >= 15 is 0 Å². The number of halogens is 1. The molecule has 0 bridgehead atoms. The largest absolute Gasteiger partial charge is 0.339 e. The topological polar surface area (TPSA) is 66.9 Å². The third-order valence-corrected chi connectivity index (χ3v) is 4.14. The number of nitrogens with one attached hydrogen (secondary N) is 2. The Kier molecular flexibility index (Phi) is 5.19. The Morgan fingerprint density at radius 3 is 2.46 bits per heavy atom. The van der Waals surface area contributed by atoms with Gasteiger partial charge in [0, 0.05) is 5.69 Å². The summed E-state index contributed by atoms with van der Waals surface area (Å²) >= 11 is 6.23. The van der Waals surface area contributed by atoms with Gasteiger partial charge in [0.25, 0.3) is 5.91 Å². The van der Waals surface area contributed by atoms with Gasteiger partial charge in [0.15, 0.2) is 0 Å². The van der Waals surface area contributed by atoms with E-state index in [0.717, 1.165) is 22.4 Å². The SMILES string of the molecule is Cc1cccc(Nc2cnc(C(=O)Nc3c(C)cc(C)cc3Cl)cn2)c1. The molecule has 0 fully saturated rings. The summed E-state index contributed by atoms with van der Waals surface area (Å²) in [7, 11) is 0. The number of aromatic nitrogens is 2. The number of hydrogen-bond donors (Lipinski definition) is 2. The third-order valence-electron chi connectivity index (χ3n) is 3.85. The van der Waals surface area contributed by atoms with Crippen molar-refractivity contribution in [3.05, 3.63) is 76.2 Å². The molecule has 0 atom stereocenters. The van der Waals surface area contributed by atoms with Gasteiger partial charge in [-0.05, 0) is 55.7 Å². The second-order valence-electron chi connectivity index (χ2n) is 6.17. The van der Waals surface area contributed by atoms with Gasteiger partial charge in [-0.15, -0.1) is 0 Å². The normalized spacial score (nSPS) is 10.5. The molecule has 1 amide bonds. The zero-order valence-electron chi connectivity index (χ0n) is 14.8. The lowest BCUT2D eigenvalue weighted by atomic mass is 10.1. The number of benzene rings is 2. The summed E-state index contributed by atoms with van der Waals surface area (Å²) in [5, 5.41) is 6.46. The van der Waals surface area contributed by atoms with E-state index in [1.54, 1.807) is 0 Å². The van der Waals surface area contributed by atoms with E-state index in [9.17, 15) is 4.79 Å². The van der Waals surface area contributed by atoms with Gasteiger partial charge in [-0.3, -0.25) is 4.79 Å². The zero-order valence-corrected chi connectivity index (χ0v) is 15.6. The van der Waals surface area contributed by atoms with Gasteiger partial charge in [-0.2, -0.15) is 0 Å². The predicted octanol–water partition coefficient (Wildman–Crippen LogP) is 5.05. The molecule has 6 heteroatoms. The highest BCUT2D eigenvalue weighted by Gasteiger charge is 2.13. The molecule has 1 heterocycles. The van der Waals surface area contributed by atoms with E-state index in [1.165, 1.54) is 12.4 Å². The predicted molar refractivity (Wildman–Crippen MR) is 105 cm³/mol. The number of rotatable bonds is 4. The lowest BCUT2D eigenvalue weighted by Gasteiger charge is -2.11. The zero-order chi connectivity index (χ0) is 18.7. The van der Waals surface area contributed by atoms with Crippen LogP contribution in [0.3, 0.4) is 0 Å². The molecule has 0 aliphatic heterocycles. The maximum atomic E-state index is 12.4. The first kappa shape index (κ1) is 17.9. The smallest absolute Gasteiger partial charge is 0.275 e. The number of carbonyl (C=O) groups excluding carboxylic acids is 1. The van der Waals surface area contributed by atoms with Crippen molar-refractivity contribution in [2.75, 3.05) is 10.6 Å². The monoisotopic (exact) mass is 366 g/mol. The van der Waals surface area contributed by atoms with Gasteiger partial charge in [0.1, 0.15) is 11.5 Å². The minimum Gasteiger partial charge on any atom is -0.339 e. The van der Waals surface area contributed by atoms with Gasteiger partial charge in [0.05, 0.1) is 23.1 Å². The van der Waals surface area contributed by atoms with Crippen LogP contribution in [-0.2, 0) is 0 Å². The second kappa shape index (κ2) is 7.54. The molecule has 2 N–H and O–H groups in total. The molecule has 0 saturated carbocycles. The molecule has 0 aliphatic carbocycles. The standard InChI is InChI=1S/C20H19ClN4O/c1-12-5-4-6-15(8-12)24-18-11-22-17(10-23-18)20(26)25-19-14(3)7-13(2)9-16(19)21/h4-11H,1-3H3,(H,23,24)(H,25,26). The van der Waals surface area contributed by atoms with Crippen LogP contribution in [0.5, 0.6) is 0 Å². The average Bonchev–Trinajstić information content (AvgIpc) is 2.58. The fraction of sp³-hybridized carbons (Fsp3) is 0.150. The Morgan fingerprint density at radius 2 is 1.81 bits per heavy atom. The first-order valence-corrected chi connectivity index (χ1v) is 8.54. The van der Waals surface area contributed by atoms with E-state index in [4.69, 9.17) is 11.6 Å². The number of aryl methyl sites for hydroxylation is 3. The number of amides is 1. The maximum Gasteiger partial charge on any atom is 0.275 e. The molecule has 0 radical (unpaired) electrons. The molecule has 0 unspecified atom stereocenters. The first-order valence-electron chi connectivity index (χ1n) is 8.16. The van der Waals surface area contributed by atoms with Crippen LogP contribution in [0.25, 0.3) is 0 Å². The van der Waals surface area contributed by atoms with Crippen LogP contribution in [0.15, 0.2) is 48.8 Å². The molecule has 3 rings (SSSR count). The number of nitrogens with zero attached hydrogens (tertiary/aromatic N) is 2. The summed E-state index contributed by atoms with van der Waals surface area (Å²) in [5.41, 5.74) is 4.80. The van der Waals surface area contributed by atoms with Gasteiger partial charge >= 0.3 is 0 Å². The van der Waals surface area contributed by atoms with E-state index in [0.29, 0.717) is 16.5 Å². The highest BCUT2D eigenvalue weighted by Crippen LogP contribution is 2.27. The molecule has 26 heavy (non-hydrogen) atoms. The van der Waals surface area contributed by atoms with Crippen molar-refractivity contribution in [2.45, 2.75) is 20.8 Å². The average molecular weight is 367 g/mol. The Labute approximate surface area is 157 Å². The molecule has 3 aromatic rings. The van der Waals surface area contributed by atoms with Crippen molar-refractivity contribution in [1.82, 2.24) is 9.97 Å². The van der Waals surface area contributed by atoms with E-state index in [-0.39, 0.29) is 11.6 Å². The lowest BCUT2D eigenvalue weighted by molar-refractivity contribution is 0.102. The van der Waals surface area contributed by atoms with Crippen molar-refractivity contribution < 1.29 is 4.79 Å². The number of hydrogen-bond acceptors (Lipinski definition) is 4. The Bertz CT molecular complexity index is 931. The molecule has 0 spiro atoms. The Hall–Kier alpha value is -2.92. The number of anilines is 3. The van der Waals surface area contributed by atoms with E-state index < -0.39 is 0 Å². The van der Waals surface area contributed by atoms with Crippen LogP contribution >= 0.6 is 11.6 Å². The molecule has 5 nitrogen and oxygen atoms in total. The van der Waals surface area contributed by atoms with E-state index in [1.807, 2.05) is 57.2 Å². The molecule has 0 aliphatic rings. The summed E-state index contributed by atoms with van der Waals surface area (Å²) in [5.74, 6) is 0.213. The molecule has 2 aromatic carbocycles. The molecular formula is C20H19ClN4O. The van der Waals surface area contributed by atoms with Gasteiger partial charge in [0.2, 0.25) is 0 Å².